The van der Waals surface area contributed by atoms with Gasteiger partial charge in [-0.15, -0.1) is 0 Å². The third kappa shape index (κ3) is 5.79. The third-order valence-corrected chi connectivity index (χ3v) is 4.01. The maximum atomic E-state index is 12.0. The molecule has 0 aliphatic heterocycles. The molecule has 6 heteroatoms. The molecular weight excluding hydrogens is 318 g/mol. The summed E-state index contributed by atoms with van der Waals surface area (Å²) in [6.07, 6.45) is 2.58. The van der Waals surface area contributed by atoms with Gasteiger partial charge in [-0.2, -0.15) is 5.26 Å². The largest absolute Gasteiger partial charge is 0.451 e. The minimum absolute atomic E-state index is 0.115. The molecule has 0 fully saturated rings. The molecule has 0 N–H and O–H groups in total. The number of carbonyl (C=O) groups excluding carboxylic acids is 2. The molecule has 1 rings (SSSR count). The summed E-state index contributed by atoms with van der Waals surface area (Å²) in [5.74, 6) is -0.527. The average molecular weight is 345 g/mol. The Balaban J connectivity index is 2.95. The molecule has 1 heterocycles. The maximum Gasteiger partial charge on any atom is 0.349 e. The van der Waals surface area contributed by atoms with Gasteiger partial charge in [0.2, 0.25) is 0 Å². The van der Waals surface area contributed by atoms with Crippen LogP contribution in [-0.2, 0) is 20.9 Å². The van der Waals surface area contributed by atoms with Crippen LogP contribution in [0.5, 0.6) is 0 Å². The zero-order chi connectivity index (χ0) is 19.1. The van der Waals surface area contributed by atoms with Crippen LogP contribution in [0.25, 0.3) is 6.08 Å². The number of esters is 1. The van der Waals surface area contributed by atoms with Gasteiger partial charge in [-0.1, -0.05) is 13.8 Å². The van der Waals surface area contributed by atoms with E-state index in [0.717, 1.165) is 29.9 Å². The van der Waals surface area contributed by atoms with Crippen LogP contribution in [0.3, 0.4) is 0 Å². The first-order valence-corrected chi connectivity index (χ1v) is 8.33. The maximum absolute atomic E-state index is 12.0. The zero-order valence-corrected chi connectivity index (χ0v) is 15.9. The molecular formula is C19H27N3O3. The predicted octanol–water partition coefficient (Wildman–Crippen LogP) is 2.69. The van der Waals surface area contributed by atoms with Gasteiger partial charge in [0, 0.05) is 32.0 Å². The second-order valence-corrected chi connectivity index (χ2v) is 6.69. The lowest BCUT2D eigenvalue weighted by atomic mass is 10.1. The number of ether oxygens (including phenoxy) is 1. The summed E-state index contributed by atoms with van der Waals surface area (Å²) in [7, 11) is 3.15. The molecule has 0 spiro atoms. The molecule has 0 bridgehead atoms. The number of amides is 1. The van der Waals surface area contributed by atoms with Crippen LogP contribution >= 0.6 is 0 Å². The SMILES string of the molecule is Cc1cc(/C=C(\C#N)C(=O)OCC(=O)N(C)C)c(C)n1CCC(C)C. The molecule has 25 heavy (non-hydrogen) atoms. The van der Waals surface area contributed by atoms with Gasteiger partial charge in [-0.3, -0.25) is 4.79 Å². The number of carbonyl (C=O) groups is 2. The summed E-state index contributed by atoms with van der Waals surface area (Å²) < 4.78 is 7.10. The van der Waals surface area contributed by atoms with Crippen molar-refractivity contribution in [1.82, 2.24) is 9.47 Å². The van der Waals surface area contributed by atoms with Crippen LogP contribution < -0.4 is 0 Å². The van der Waals surface area contributed by atoms with E-state index in [1.165, 1.54) is 11.0 Å². The minimum atomic E-state index is -0.787. The molecule has 0 radical (unpaired) electrons. The number of nitrogens with zero attached hydrogens (tertiary/aromatic N) is 3. The first kappa shape index (κ1) is 20.5. The molecule has 0 unspecified atom stereocenters. The Morgan fingerprint density at radius 3 is 2.52 bits per heavy atom. The Morgan fingerprint density at radius 1 is 1.36 bits per heavy atom. The number of hydrogen-bond donors (Lipinski definition) is 0. The van der Waals surface area contributed by atoms with E-state index in [9.17, 15) is 14.9 Å². The average Bonchev–Trinajstić information content (AvgIpc) is 2.81. The van der Waals surface area contributed by atoms with Gasteiger partial charge in [-0.25, -0.2) is 4.79 Å². The van der Waals surface area contributed by atoms with E-state index >= 15 is 0 Å². The molecule has 1 amide bonds. The van der Waals surface area contributed by atoms with Crippen molar-refractivity contribution in [2.75, 3.05) is 20.7 Å². The van der Waals surface area contributed by atoms with Crippen molar-refractivity contribution in [3.8, 4) is 6.07 Å². The highest BCUT2D eigenvalue weighted by molar-refractivity contribution is 5.99. The van der Waals surface area contributed by atoms with Crippen molar-refractivity contribution in [2.24, 2.45) is 5.92 Å². The lowest BCUT2D eigenvalue weighted by Crippen LogP contribution is -2.27. The summed E-state index contributed by atoms with van der Waals surface area (Å²) in [4.78, 5) is 24.8. The summed E-state index contributed by atoms with van der Waals surface area (Å²) in [5, 5.41) is 9.25. The van der Waals surface area contributed by atoms with E-state index in [-0.39, 0.29) is 18.1 Å². The minimum Gasteiger partial charge on any atom is -0.451 e. The first-order valence-electron chi connectivity index (χ1n) is 8.33. The van der Waals surface area contributed by atoms with Crippen molar-refractivity contribution in [1.29, 1.82) is 5.26 Å². The van der Waals surface area contributed by atoms with E-state index in [2.05, 4.69) is 18.4 Å². The lowest BCUT2D eigenvalue weighted by Gasteiger charge is -2.11. The first-order chi connectivity index (χ1) is 11.7. The fourth-order valence-electron chi connectivity index (χ4n) is 2.33. The number of nitriles is 1. The molecule has 0 aromatic carbocycles. The van der Waals surface area contributed by atoms with Crippen molar-refractivity contribution in [2.45, 2.75) is 40.7 Å². The van der Waals surface area contributed by atoms with Crippen LogP contribution in [0.1, 0.15) is 37.2 Å². The second-order valence-electron chi connectivity index (χ2n) is 6.69. The standard InChI is InChI=1S/C19H27N3O3/c1-13(2)7-8-22-14(3)9-16(15(22)4)10-17(11-20)19(24)25-12-18(23)21(5)6/h9-10,13H,7-8,12H2,1-6H3/b17-10+. The highest BCUT2D eigenvalue weighted by atomic mass is 16.5. The zero-order valence-electron chi connectivity index (χ0n) is 15.9. The fourth-order valence-corrected chi connectivity index (χ4v) is 2.33. The summed E-state index contributed by atoms with van der Waals surface area (Å²) in [6, 6.07) is 3.81. The highest BCUT2D eigenvalue weighted by Gasteiger charge is 2.16. The van der Waals surface area contributed by atoms with Crippen molar-refractivity contribution in [3.63, 3.8) is 0 Å². The molecule has 6 nitrogen and oxygen atoms in total. The Kier molecular flexibility index (Phi) is 7.43. The molecule has 0 saturated carbocycles. The number of rotatable bonds is 7. The van der Waals surface area contributed by atoms with Crippen LogP contribution in [0.2, 0.25) is 0 Å². The van der Waals surface area contributed by atoms with Crippen LogP contribution in [0.4, 0.5) is 0 Å². The fraction of sp³-hybridized carbons (Fsp3) is 0.526. The van der Waals surface area contributed by atoms with Gasteiger partial charge in [0.15, 0.2) is 6.61 Å². The van der Waals surface area contributed by atoms with Gasteiger partial charge in [-0.05, 0) is 43.9 Å². The van der Waals surface area contributed by atoms with E-state index in [4.69, 9.17) is 4.74 Å². The Morgan fingerprint density at radius 2 is 2.00 bits per heavy atom. The van der Waals surface area contributed by atoms with Gasteiger partial charge in [0.1, 0.15) is 11.6 Å². The van der Waals surface area contributed by atoms with Crippen LogP contribution in [0.15, 0.2) is 11.6 Å². The predicted molar refractivity (Wildman–Crippen MR) is 96.6 cm³/mol. The molecule has 1 aromatic rings. The molecule has 0 aliphatic rings. The van der Waals surface area contributed by atoms with E-state index < -0.39 is 5.97 Å². The van der Waals surface area contributed by atoms with Gasteiger partial charge in [0.25, 0.3) is 5.91 Å². The van der Waals surface area contributed by atoms with Gasteiger partial charge >= 0.3 is 5.97 Å². The van der Waals surface area contributed by atoms with Crippen LogP contribution in [0, 0.1) is 31.1 Å². The number of aromatic nitrogens is 1. The monoisotopic (exact) mass is 345 g/mol. The number of likely N-dealkylation sites (N-methyl/N-ethyl adjacent to an activating group) is 1. The van der Waals surface area contributed by atoms with E-state index in [1.54, 1.807) is 14.1 Å². The van der Waals surface area contributed by atoms with Gasteiger partial charge < -0.3 is 14.2 Å². The summed E-state index contributed by atoms with van der Waals surface area (Å²) in [6.45, 7) is 8.84. The lowest BCUT2D eigenvalue weighted by molar-refractivity contribution is -0.147. The summed E-state index contributed by atoms with van der Waals surface area (Å²) >= 11 is 0. The molecule has 136 valence electrons. The molecule has 0 atom stereocenters. The Hall–Kier alpha value is -2.55. The van der Waals surface area contributed by atoms with E-state index in [0.29, 0.717) is 5.92 Å². The van der Waals surface area contributed by atoms with E-state index in [1.807, 2.05) is 26.0 Å². The number of aryl methyl sites for hydroxylation is 1. The topological polar surface area (TPSA) is 75.3 Å². The number of hydrogen-bond acceptors (Lipinski definition) is 4. The van der Waals surface area contributed by atoms with Crippen molar-refractivity contribution in [3.05, 3.63) is 28.6 Å². The second kappa shape index (κ2) is 9.07. The molecule has 0 aliphatic carbocycles. The third-order valence-electron chi connectivity index (χ3n) is 4.01. The van der Waals surface area contributed by atoms with Crippen molar-refractivity contribution < 1.29 is 14.3 Å². The molecule has 1 aromatic heterocycles. The smallest absolute Gasteiger partial charge is 0.349 e. The van der Waals surface area contributed by atoms with Crippen molar-refractivity contribution >= 4 is 18.0 Å². The van der Waals surface area contributed by atoms with Gasteiger partial charge in [0.05, 0.1) is 0 Å². The summed E-state index contributed by atoms with van der Waals surface area (Å²) in [5.41, 5.74) is 2.78. The Labute approximate surface area is 149 Å². The Bertz CT molecular complexity index is 706. The quantitative estimate of drug-likeness (QED) is 0.432. The van der Waals surface area contributed by atoms with Crippen LogP contribution in [-0.4, -0.2) is 42.0 Å². The normalized spacial score (nSPS) is 11.4. The highest BCUT2D eigenvalue weighted by Crippen LogP contribution is 2.20. The molecule has 0 saturated heterocycles.